The Morgan fingerprint density at radius 1 is 0.667 bits per heavy atom. The van der Waals surface area contributed by atoms with E-state index in [9.17, 15) is 9.90 Å². The number of hydrogen-bond acceptors (Lipinski definition) is 3. The standard InChI is InChI=1S/C33H58O3/c1-3-5-7-9-11-12-13-14-15-16-17-19-21-23-28-32(34)33(35)36-31-27-24-26-30(29-31)25-22-20-18-10-8-6-4-2/h24,26-27,29,32,34H,3-23,25,28H2,1-2H3. The number of carbonyl (C=O) groups is 1. The van der Waals surface area contributed by atoms with E-state index in [0.29, 0.717) is 12.2 Å². The zero-order valence-corrected chi connectivity index (χ0v) is 23.9. The van der Waals surface area contributed by atoms with Crippen LogP contribution in [-0.2, 0) is 11.2 Å². The van der Waals surface area contributed by atoms with Gasteiger partial charge >= 0.3 is 5.97 Å². The monoisotopic (exact) mass is 502 g/mol. The fourth-order valence-corrected chi connectivity index (χ4v) is 4.88. The van der Waals surface area contributed by atoms with Gasteiger partial charge in [-0.3, -0.25) is 0 Å². The van der Waals surface area contributed by atoms with E-state index in [1.807, 2.05) is 18.2 Å². The number of esters is 1. The van der Waals surface area contributed by atoms with Crippen LogP contribution >= 0.6 is 0 Å². The maximum absolute atomic E-state index is 12.3. The molecule has 0 aliphatic carbocycles. The summed E-state index contributed by atoms with van der Waals surface area (Å²) in [4.78, 5) is 12.3. The summed E-state index contributed by atoms with van der Waals surface area (Å²) < 4.78 is 5.47. The molecule has 1 unspecified atom stereocenters. The normalized spacial score (nSPS) is 12.1. The lowest BCUT2D eigenvalue weighted by Gasteiger charge is -2.11. The van der Waals surface area contributed by atoms with Crippen molar-refractivity contribution in [2.75, 3.05) is 0 Å². The zero-order chi connectivity index (χ0) is 26.1. The Labute approximate surface area is 223 Å². The van der Waals surface area contributed by atoms with Crippen molar-refractivity contribution in [3.8, 4) is 5.75 Å². The molecule has 208 valence electrons. The number of ether oxygens (including phenoxy) is 1. The Hall–Kier alpha value is -1.35. The molecule has 0 saturated heterocycles. The van der Waals surface area contributed by atoms with Crippen molar-refractivity contribution in [3.63, 3.8) is 0 Å². The summed E-state index contributed by atoms with van der Waals surface area (Å²) in [6.07, 6.45) is 27.8. The third kappa shape index (κ3) is 18.9. The lowest BCUT2D eigenvalue weighted by atomic mass is 10.0. The Kier molecular flexibility index (Phi) is 21.8. The minimum atomic E-state index is -1.02. The van der Waals surface area contributed by atoms with Crippen LogP contribution in [0.3, 0.4) is 0 Å². The van der Waals surface area contributed by atoms with Crippen molar-refractivity contribution in [2.45, 2.75) is 168 Å². The number of unbranched alkanes of at least 4 members (excludes halogenated alkanes) is 19. The highest BCUT2D eigenvalue weighted by atomic mass is 16.5. The highest BCUT2D eigenvalue weighted by molar-refractivity contribution is 5.76. The molecule has 3 heteroatoms. The fraction of sp³-hybridized carbons (Fsp3) is 0.788. The molecular formula is C33H58O3. The largest absolute Gasteiger partial charge is 0.425 e. The average Bonchev–Trinajstić information content (AvgIpc) is 2.88. The first-order chi connectivity index (χ1) is 17.7. The second kappa shape index (κ2) is 24.0. The van der Waals surface area contributed by atoms with Gasteiger partial charge in [0.05, 0.1) is 0 Å². The molecule has 36 heavy (non-hydrogen) atoms. The van der Waals surface area contributed by atoms with Gasteiger partial charge in [-0.05, 0) is 37.0 Å². The second-order valence-electron chi connectivity index (χ2n) is 10.8. The maximum atomic E-state index is 12.3. The molecule has 0 spiro atoms. The van der Waals surface area contributed by atoms with Crippen LogP contribution in [0, 0.1) is 0 Å². The van der Waals surface area contributed by atoms with Crippen molar-refractivity contribution in [2.24, 2.45) is 0 Å². The third-order valence-electron chi connectivity index (χ3n) is 7.29. The average molecular weight is 503 g/mol. The van der Waals surface area contributed by atoms with Gasteiger partial charge < -0.3 is 9.84 Å². The minimum Gasteiger partial charge on any atom is -0.425 e. The smallest absolute Gasteiger partial charge is 0.340 e. The summed E-state index contributed by atoms with van der Waals surface area (Å²) in [6, 6.07) is 7.80. The number of benzene rings is 1. The van der Waals surface area contributed by atoms with E-state index in [4.69, 9.17) is 4.74 Å². The molecule has 3 nitrogen and oxygen atoms in total. The molecule has 0 aliphatic rings. The summed E-state index contributed by atoms with van der Waals surface area (Å²) in [5.41, 5.74) is 1.20. The molecule has 0 heterocycles. The summed E-state index contributed by atoms with van der Waals surface area (Å²) >= 11 is 0. The zero-order valence-electron chi connectivity index (χ0n) is 23.9. The van der Waals surface area contributed by atoms with Gasteiger partial charge in [0.2, 0.25) is 0 Å². The molecule has 0 amide bonds. The van der Waals surface area contributed by atoms with Crippen LogP contribution in [-0.4, -0.2) is 17.2 Å². The summed E-state index contributed by atoms with van der Waals surface area (Å²) in [6.45, 7) is 4.52. The van der Waals surface area contributed by atoms with Crippen LogP contribution in [0.4, 0.5) is 0 Å². The summed E-state index contributed by atoms with van der Waals surface area (Å²) in [5.74, 6) is 0.0400. The van der Waals surface area contributed by atoms with Gasteiger partial charge in [0, 0.05) is 0 Å². The van der Waals surface area contributed by atoms with Gasteiger partial charge in [0.15, 0.2) is 6.10 Å². The maximum Gasteiger partial charge on any atom is 0.340 e. The molecule has 0 fully saturated rings. The van der Waals surface area contributed by atoms with E-state index in [1.165, 1.54) is 128 Å². The van der Waals surface area contributed by atoms with Crippen molar-refractivity contribution in [1.82, 2.24) is 0 Å². The van der Waals surface area contributed by atoms with Crippen molar-refractivity contribution in [1.29, 1.82) is 0 Å². The number of aliphatic hydroxyl groups is 1. The van der Waals surface area contributed by atoms with Crippen LogP contribution < -0.4 is 4.74 Å². The number of aryl methyl sites for hydroxylation is 1. The molecule has 1 aromatic carbocycles. The Morgan fingerprint density at radius 2 is 1.11 bits per heavy atom. The molecule has 1 aromatic rings. The summed E-state index contributed by atoms with van der Waals surface area (Å²) in [5, 5.41) is 10.2. The highest BCUT2D eigenvalue weighted by Gasteiger charge is 2.17. The van der Waals surface area contributed by atoms with Gasteiger partial charge in [-0.25, -0.2) is 4.79 Å². The lowest BCUT2D eigenvalue weighted by molar-refractivity contribution is -0.144. The van der Waals surface area contributed by atoms with E-state index in [1.54, 1.807) is 0 Å². The molecule has 1 rings (SSSR count). The van der Waals surface area contributed by atoms with E-state index >= 15 is 0 Å². The van der Waals surface area contributed by atoms with Crippen molar-refractivity contribution >= 4 is 5.97 Å². The number of hydrogen-bond donors (Lipinski definition) is 1. The lowest BCUT2D eigenvalue weighted by Crippen LogP contribution is -2.25. The number of carbonyl (C=O) groups excluding carboxylic acids is 1. The molecule has 0 radical (unpaired) electrons. The molecule has 1 atom stereocenters. The van der Waals surface area contributed by atoms with Crippen LogP contribution in [0.1, 0.15) is 161 Å². The summed E-state index contributed by atoms with van der Waals surface area (Å²) in [7, 11) is 0. The predicted molar refractivity (Wildman–Crippen MR) is 155 cm³/mol. The van der Waals surface area contributed by atoms with E-state index < -0.39 is 12.1 Å². The SMILES string of the molecule is CCCCCCCCCCCCCCCCC(O)C(=O)Oc1cccc(CCCCCCCCC)c1. The number of aliphatic hydroxyl groups excluding tert-OH is 1. The topological polar surface area (TPSA) is 46.5 Å². The van der Waals surface area contributed by atoms with Gasteiger partial charge in [-0.2, -0.15) is 0 Å². The molecule has 0 bridgehead atoms. The molecule has 0 aliphatic heterocycles. The number of rotatable bonds is 25. The van der Waals surface area contributed by atoms with Crippen LogP contribution in [0.2, 0.25) is 0 Å². The minimum absolute atomic E-state index is 0.495. The van der Waals surface area contributed by atoms with Gasteiger partial charge in [0.1, 0.15) is 5.75 Å². The molecule has 0 saturated carbocycles. The first kappa shape index (κ1) is 32.7. The third-order valence-corrected chi connectivity index (χ3v) is 7.29. The van der Waals surface area contributed by atoms with Gasteiger partial charge in [-0.15, -0.1) is 0 Å². The van der Waals surface area contributed by atoms with E-state index in [0.717, 1.165) is 19.3 Å². The first-order valence-electron chi connectivity index (χ1n) is 15.7. The van der Waals surface area contributed by atoms with Crippen molar-refractivity contribution < 1.29 is 14.6 Å². The van der Waals surface area contributed by atoms with E-state index in [2.05, 4.69) is 19.9 Å². The Morgan fingerprint density at radius 3 is 1.61 bits per heavy atom. The highest BCUT2D eigenvalue weighted by Crippen LogP contribution is 2.18. The van der Waals surface area contributed by atoms with Gasteiger partial charge in [0.25, 0.3) is 0 Å². The quantitative estimate of drug-likeness (QED) is 0.0821. The fourth-order valence-electron chi connectivity index (χ4n) is 4.88. The first-order valence-corrected chi connectivity index (χ1v) is 15.7. The Balaban J connectivity index is 2.03. The van der Waals surface area contributed by atoms with Crippen molar-refractivity contribution in [3.05, 3.63) is 29.8 Å². The van der Waals surface area contributed by atoms with E-state index in [-0.39, 0.29) is 0 Å². The van der Waals surface area contributed by atoms with Crippen LogP contribution in [0.5, 0.6) is 5.75 Å². The second-order valence-corrected chi connectivity index (χ2v) is 10.8. The Bertz CT molecular complexity index is 627. The molecule has 1 N–H and O–H groups in total. The van der Waals surface area contributed by atoms with Crippen LogP contribution in [0.15, 0.2) is 24.3 Å². The predicted octanol–water partition coefficient (Wildman–Crippen LogP) is 10.1. The van der Waals surface area contributed by atoms with Crippen LogP contribution in [0.25, 0.3) is 0 Å². The molecule has 0 aromatic heterocycles. The molecular weight excluding hydrogens is 444 g/mol. The van der Waals surface area contributed by atoms with Gasteiger partial charge in [-0.1, -0.05) is 154 Å².